The first kappa shape index (κ1) is 10.5. The molecule has 0 aliphatic heterocycles. The second-order valence-electron chi connectivity index (χ2n) is 2.92. The molecule has 5 heteroatoms. The topological polar surface area (TPSA) is 60.2 Å². The van der Waals surface area contributed by atoms with Gasteiger partial charge in [0.15, 0.2) is 0 Å². The molecule has 0 atom stereocenters. The third-order valence-electron chi connectivity index (χ3n) is 1.74. The number of hydrogen-bond donors (Lipinski definition) is 1. The zero-order chi connectivity index (χ0) is 10.2. The summed E-state index contributed by atoms with van der Waals surface area (Å²) in [5, 5.41) is 5.55. The average Bonchev–Trinajstić information content (AvgIpc) is 1.97. The first-order valence-electron chi connectivity index (χ1n) is 3.62. The maximum Gasteiger partial charge on any atom is 0.238 e. The summed E-state index contributed by atoms with van der Waals surface area (Å²) in [4.78, 5) is 0.104. The Labute approximate surface area is 82.6 Å². The summed E-state index contributed by atoms with van der Waals surface area (Å²) in [7, 11) is -3.62. The van der Waals surface area contributed by atoms with Gasteiger partial charge in [-0.1, -0.05) is 11.6 Å². The molecule has 0 aliphatic rings. The minimum absolute atomic E-state index is 0.104. The standard InChI is InChI=1S/C8H10ClNO2S/c1-5-3-7(13(10,11)12)4-6(2)8(5)9/h3-4H,1-2H3,(H2,10,11,12). The van der Waals surface area contributed by atoms with E-state index in [9.17, 15) is 8.42 Å². The number of halogens is 1. The minimum Gasteiger partial charge on any atom is -0.225 e. The van der Waals surface area contributed by atoms with E-state index in [0.717, 1.165) is 0 Å². The first-order chi connectivity index (χ1) is 5.82. The molecule has 0 unspecified atom stereocenters. The fraction of sp³-hybridized carbons (Fsp3) is 0.250. The van der Waals surface area contributed by atoms with Gasteiger partial charge in [-0.15, -0.1) is 0 Å². The van der Waals surface area contributed by atoms with Gasteiger partial charge in [0.2, 0.25) is 10.0 Å². The van der Waals surface area contributed by atoms with Gasteiger partial charge in [-0.25, -0.2) is 13.6 Å². The molecule has 0 bridgehead atoms. The van der Waals surface area contributed by atoms with Gasteiger partial charge in [-0.05, 0) is 37.1 Å². The van der Waals surface area contributed by atoms with Crippen LogP contribution in [0.2, 0.25) is 5.02 Å². The van der Waals surface area contributed by atoms with Gasteiger partial charge in [0.1, 0.15) is 0 Å². The summed E-state index contributed by atoms with van der Waals surface area (Å²) < 4.78 is 22.0. The lowest BCUT2D eigenvalue weighted by molar-refractivity contribution is 0.597. The molecule has 0 aliphatic carbocycles. The predicted octanol–water partition coefficient (Wildman–Crippen LogP) is 1.60. The first-order valence-corrected chi connectivity index (χ1v) is 5.54. The van der Waals surface area contributed by atoms with Crippen molar-refractivity contribution < 1.29 is 8.42 Å². The SMILES string of the molecule is Cc1cc(S(N)(=O)=O)cc(C)c1Cl. The van der Waals surface area contributed by atoms with Gasteiger partial charge < -0.3 is 0 Å². The molecule has 0 heterocycles. The van der Waals surface area contributed by atoms with Crippen LogP contribution in [0.1, 0.15) is 11.1 Å². The molecule has 1 rings (SSSR count). The Bertz CT molecular complexity index is 416. The van der Waals surface area contributed by atoms with Crippen LogP contribution >= 0.6 is 11.6 Å². The maximum absolute atomic E-state index is 11.0. The Morgan fingerprint density at radius 3 is 1.92 bits per heavy atom. The van der Waals surface area contributed by atoms with Crippen molar-refractivity contribution >= 4 is 21.6 Å². The molecule has 72 valence electrons. The Hall–Kier alpha value is -0.580. The molecule has 13 heavy (non-hydrogen) atoms. The van der Waals surface area contributed by atoms with Crippen molar-refractivity contribution in [3.63, 3.8) is 0 Å². The zero-order valence-electron chi connectivity index (χ0n) is 7.33. The van der Waals surface area contributed by atoms with Crippen LogP contribution in [0.5, 0.6) is 0 Å². The fourth-order valence-corrected chi connectivity index (χ4v) is 1.86. The summed E-state index contributed by atoms with van der Waals surface area (Å²) in [6.45, 7) is 3.48. The summed E-state index contributed by atoms with van der Waals surface area (Å²) in [6.07, 6.45) is 0. The van der Waals surface area contributed by atoms with Crippen molar-refractivity contribution in [1.82, 2.24) is 0 Å². The minimum atomic E-state index is -3.62. The number of sulfonamides is 1. The van der Waals surface area contributed by atoms with Gasteiger partial charge in [0.05, 0.1) is 4.90 Å². The van der Waals surface area contributed by atoms with Crippen LogP contribution < -0.4 is 5.14 Å². The van der Waals surface area contributed by atoms with Crippen LogP contribution in [0, 0.1) is 13.8 Å². The molecular formula is C8H10ClNO2S. The molecule has 0 aromatic heterocycles. The third kappa shape index (κ3) is 2.21. The van der Waals surface area contributed by atoms with Crippen LogP contribution in [0.4, 0.5) is 0 Å². The smallest absolute Gasteiger partial charge is 0.225 e. The molecule has 1 aromatic rings. The van der Waals surface area contributed by atoms with Crippen molar-refractivity contribution in [2.75, 3.05) is 0 Å². The summed E-state index contributed by atoms with van der Waals surface area (Å²) in [6, 6.07) is 2.93. The van der Waals surface area contributed by atoms with Gasteiger partial charge in [-0.3, -0.25) is 0 Å². The van der Waals surface area contributed by atoms with E-state index in [2.05, 4.69) is 0 Å². The van der Waals surface area contributed by atoms with E-state index in [1.807, 2.05) is 0 Å². The highest BCUT2D eigenvalue weighted by Gasteiger charge is 2.10. The average molecular weight is 220 g/mol. The van der Waals surface area contributed by atoms with Crippen LogP contribution in [0.15, 0.2) is 17.0 Å². The normalized spacial score (nSPS) is 11.7. The number of aryl methyl sites for hydroxylation is 2. The Morgan fingerprint density at radius 1 is 1.23 bits per heavy atom. The van der Waals surface area contributed by atoms with E-state index in [1.54, 1.807) is 13.8 Å². The summed E-state index contributed by atoms with van der Waals surface area (Å²) >= 11 is 5.86. The van der Waals surface area contributed by atoms with Crippen LogP contribution in [-0.2, 0) is 10.0 Å². The molecule has 0 spiro atoms. The molecular weight excluding hydrogens is 210 g/mol. The third-order valence-corrected chi connectivity index (χ3v) is 3.23. The summed E-state index contributed by atoms with van der Waals surface area (Å²) in [5.74, 6) is 0. The highest BCUT2D eigenvalue weighted by atomic mass is 35.5. The van der Waals surface area contributed by atoms with Crippen molar-refractivity contribution in [2.45, 2.75) is 18.7 Å². The highest BCUT2D eigenvalue weighted by molar-refractivity contribution is 7.89. The van der Waals surface area contributed by atoms with Crippen LogP contribution in [0.3, 0.4) is 0 Å². The van der Waals surface area contributed by atoms with Crippen molar-refractivity contribution in [1.29, 1.82) is 0 Å². The molecule has 0 fully saturated rings. The van der Waals surface area contributed by atoms with Gasteiger partial charge in [0.25, 0.3) is 0 Å². The van der Waals surface area contributed by atoms with Crippen molar-refractivity contribution in [3.05, 3.63) is 28.3 Å². The van der Waals surface area contributed by atoms with E-state index in [0.29, 0.717) is 16.1 Å². The number of hydrogen-bond acceptors (Lipinski definition) is 2. The molecule has 3 nitrogen and oxygen atoms in total. The van der Waals surface area contributed by atoms with E-state index in [-0.39, 0.29) is 4.90 Å². The Morgan fingerprint density at radius 2 is 1.62 bits per heavy atom. The van der Waals surface area contributed by atoms with Crippen LogP contribution in [-0.4, -0.2) is 8.42 Å². The van der Waals surface area contributed by atoms with E-state index < -0.39 is 10.0 Å². The number of benzene rings is 1. The largest absolute Gasteiger partial charge is 0.238 e. The van der Waals surface area contributed by atoms with Gasteiger partial charge >= 0.3 is 0 Å². The van der Waals surface area contributed by atoms with E-state index in [4.69, 9.17) is 16.7 Å². The quantitative estimate of drug-likeness (QED) is 0.780. The number of primary sulfonamides is 1. The maximum atomic E-state index is 11.0. The summed E-state index contributed by atoms with van der Waals surface area (Å²) in [5.41, 5.74) is 1.43. The lowest BCUT2D eigenvalue weighted by atomic mass is 10.2. The molecule has 0 radical (unpaired) electrons. The highest BCUT2D eigenvalue weighted by Crippen LogP contribution is 2.23. The second-order valence-corrected chi connectivity index (χ2v) is 4.86. The second kappa shape index (κ2) is 3.29. The monoisotopic (exact) mass is 219 g/mol. The Balaban J connectivity index is 3.47. The fourth-order valence-electron chi connectivity index (χ4n) is 1.07. The lowest BCUT2D eigenvalue weighted by Gasteiger charge is -2.05. The van der Waals surface area contributed by atoms with Gasteiger partial charge in [-0.2, -0.15) is 0 Å². The van der Waals surface area contributed by atoms with Crippen molar-refractivity contribution in [2.24, 2.45) is 5.14 Å². The van der Waals surface area contributed by atoms with E-state index in [1.165, 1.54) is 12.1 Å². The molecule has 2 N–H and O–H groups in total. The molecule has 1 aromatic carbocycles. The lowest BCUT2D eigenvalue weighted by Crippen LogP contribution is -2.12. The number of rotatable bonds is 1. The molecule has 0 saturated heterocycles. The molecule has 0 amide bonds. The van der Waals surface area contributed by atoms with Crippen LogP contribution in [0.25, 0.3) is 0 Å². The van der Waals surface area contributed by atoms with Crippen molar-refractivity contribution in [3.8, 4) is 0 Å². The van der Waals surface area contributed by atoms with E-state index >= 15 is 0 Å². The Kier molecular flexibility index (Phi) is 2.66. The molecule has 0 saturated carbocycles. The number of nitrogens with two attached hydrogens (primary N) is 1. The zero-order valence-corrected chi connectivity index (χ0v) is 8.91. The predicted molar refractivity (Wildman–Crippen MR) is 52.3 cm³/mol. The van der Waals surface area contributed by atoms with Gasteiger partial charge in [0, 0.05) is 5.02 Å².